The first-order chi connectivity index (χ1) is 8.81. The molecule has 1 fully saturated rings. The van der Waals surface area contributed by atoms with Gasteiger partial charge < -0.3 is 4.74 Å². The molecule has 1 aliphatic carbocycles. The van der Waals surface area contributed by atoms with Gasteiger partial charge >= 0.3 is 0 Å². The normalized spacial score (nSPS) is 28.4. The van der Waals surface area contributed by atoms with E-state index in [1.807, 2.05) is 6.08 Å². The van der Waals surface area contributed by atoms with Gasteiger partial charge in [-0.1, -0.05) is 26.2 Å². The average Bonchev–Trinajstić information content (AvgIpc) is 2.46. The highest BCUT2D eigenvalue weighted by atomic mass is 16.5. The quantitative estimate of drug-likeness (QED) is 0.729. The van der Waals surface area contributed by atoms with Gasteiger partial charge in [0, 0.05) is 5.92 Å². The Kier molecular flexibility index (Phi) is 5.27. The molecule has 0 aromatic rings. The van der Waals surface area contributed by atoms with E-state index in [-0.39, 0.29) is 11.7 Å². The Bertz CT molecular complexity index is 298. The van der Waals surface area contributed by atoms with Crippen LogP contribution < -0.4 is 0 Å². The standard InChI is InChI=1S/C16H26O2/c1-2-3-6-13-8-10-14(11-9-13)16(17)15-7-4-5-12-18-15/h7,13-14H,2-6,8-12H2,1H3. The SMILES string of the molecule is CCCCC1CCC(C(=O)C2=CCCCO2)CC1. The van der Waals surface area contributed by atoms with E-state index < -0.39 is 0 Å². The summed E-state index contributed by atoms with van der Waals surface area (Å²) in [5.41, 5.74) is 0. The van der Waals surface area contributed by atoms with Crippen LogP contribution >= 0.6 is 0 Å². The predicted octanol–water partition coefficient (Wildman–Crippen LogP) is 4.25. The lowest BCUT2D eigenvalue weighted by molar-refractivity contribution is -0.124. The third-order valence-corrected chi connectivity index (χ3v) is 4.36. The van der Waals surface area contributed by atoms with Crippen molar-refractivity contribution < 1.29 is 9.53 Å². The zero-order valence-electron chi connectivity index (χ0n) is 11.6. The van der Waals surface area contributed by atoms with Crippen molar-refractivity contribution in [2.75, 3.05) is 6.61 Å². The van der Waals surface area contributed by atoms with Gasteiger partial charge in [0.15, 0.2) is 11.5 Å². The van der Waals surface area contributed by atoms with Gasteiger partial charge in [0.05, 0.1) is 6.61 Å². The summed E-state index contributed by atoms with van der Waals surface area (Å²) in [5, 5.41) is 0. The molecule has 2 nitrogen and oxygen atoms in total. The van der Waals surface area contributed by atoms with E-state index >= 15 is 0 Å². The Morgan fingerprint density at radius 3 is 2.72 bits per heavy atom. The van der Waals surface area contributed by atoms with E-state index in [0.717, 1.165) is 38.2 Å². The summed E-state index contributed by atoms with van der Waals surface area (Å²) in [7, 11) is 0. The Labute approximate surface area is 111 Å². The summed E-state index contributed by atoms with van der Waals surface area (Å²) >= 11 is 0. The van der Waals surface area contributed by atoms with Crippen molar-refractivity contribution in [3.63, 3.8) is 0 Å². The van der Waals surface area contributed by atoms with Crippen LogP contribution in [0.5, 0.6) is 0 Å². The van der Waals surface area contributed by atoms with Crippen LogP contribution in [0.1, 0.15) is 64.7 Å². The van der Waals surface area contributed by atoms with Gasteiger partial charge in [-0.2, -0.15) is 0 Å². The molecule has 0 saturated heterocycles. The summed E-state index contributed by atoms with van der Waals surface area (Å²) in [6.07, 6.45) is 12.7. The summed E-state index contributed by atoms with van der Waals surface area (Å²) in [5.74, 6) is 2.06. The van der Waals surface area contributed by atoms with Crippen LogP contribution in [-0.4, -0.2) is 12.4 Å². The van der Waals surface area contributed by atoms with E-state index in [9.17, 15) is 4.79 Å². The lowest BCUT2D eigenvalue weighted by atomic mass is 9.77. The maximum absolute atomic E-state index is 12.3. The van der Waals surface area contributed by atoms with E-state index in [1.54, 1.807) is 0 Å². The number of carbonyl (C=O) groups excluding carboxylic acids is 1. The highest BCUT2D eigenvalue weighted by Crippen LogP contribution is 2.34. The number of ketones is 1. The Morgan fingerprint density at radius 1 is 1.33 bits per heavy atom. The number of rotatable bonds is 5. The summed E-state index contributed by atoms with van der Waals surface area (Å²) in [4.78, 5) is 12.3. The van der Waals surface area contributed by atoms with E-state index in [0.29, 0.717) is 5.76 Å². The number of Topliss-reactive ketones (excluding diaryl/α,β-unsaturated/α-hetero) is 1. The zero-order valence-corrected chi connectivity index (χ0v) is 11.6. The fourth-order valence-electron chi connectivity index (χ4n) is 3.14. The number of ether oxygens (including phenoxy) is 1. The van der Waals surface area contributed by atoms with Gasteiger partial charge in [0.1, 0.15) is 0 Å². The Balaban J connectivity index is 1.78. The summed E-state index contributed by atoms with van der Waals surface area (Å²) in [6, 6.07) is 0. The van der Waals surface area contributed by atoms with Gasteiger partial charge in [-0.15, -0.1) is 0 Å². The first kappa shape index (κ1) is 13.6. The number of carbonyl (C=O) groups is 1. The van der Waals surface area contributed by atoms with E-state index in [1.165, 1.54) is 32.1 Å². The first-order valence-electron chi connectivity index (χ1n) is 7.68. The van der Waals surface area contributed by atoms with Gasteiger partial charge in [-0.05, 0) is 50.5 Å². The van der Waals surface area contributed by atoms with Crippen molar-refractivity contribution >= 4 is 5.78 Å². The third kappa shape index (κ3) is 3.60. The van der Waals surface area contributed by atoms with Crippen LogP contribution in [0.25, 0.3) is 0 Å². The van der Waals surface area contributed by atoms with E-state index in [2.05, 4.69) is 6.92 Å². The monoisotopic (exact) mass is 250 g/mol. The highest BCUT2D eigenvalue weighted by Gasteiger charge is 2.29. The minimum atomic E-state index is 0.243. The summed E-state index contributed by atoms with van der Waals surface area (Å²) in [6.45, 7) is 2.98. The molecule has 0 unspecified atom stereocenters. The number of hydrogen-bond acceptors (Lipinski definition) is 2. The van der Waals surface area contributed by atoms with Crippen LogP contribution in [0.3, 0.4) is 0 Å². The molecule has 0 aromatic carbocycles. The van der Waals surface area contributed by atoms with Gasteiger partial charge in [0.2, 0.25) is 0 Å². The molecule has 1 saturated carbocycles. The molecule has 2 heteroatoms. The molecule has 0 aromatic heterocycles. The molecular formula is C16H26O2. The molecule has 0 amide bonds. The lowest BCUT2D eigenvalue weighted by Crippen LogP contribution is -2.25. The Morgan fingerprint density at radius 2 is 2.11 bits per heavy atom. The molecule has 0 N–H and O–H groups in total. The maximum atomic E-state index is 12.3. The number of unbranched alkanes of at least 4 members (excludes halogenated alkanes) is 1. The van der Waals surface area contributed by atoms with Crippen LogP contribution in [0, 0.1) is 11.8 Å². The Hall–Kier alpha value is -0.790. The molecule has 0 spiro atoms. The van der Waals surface area contributed by atoms with Crippen molar-refractivity contribution in [1.29, 1.82) is 0 Å². The zero-order chi connectivity index (χ0) is 12.8. The minimum absolute atomic E-state index is 0.243. The predicted molar refractivity (Wildman–Crippen MR) is 73.2 cm³/mol. The largest absolute Gasteiger partial charge is 0.490 e. The maximum Gasteiger partial charge on any atom is 0.200 e. The molecule has 0 atom stereocenters. The van der Waals surface area contributed by atoms with Crippen molar-refractivity contribution in [3.8, 4) is 0 Å². The fourth-order valence-corrected chi connectivity index (χ4v) is 3.14. The van der Waals surface area contributed by atoms with Crippen molar-refractivity contribution in [1.82, 2.24) is 0 Å². The molecule has 18 heavy (non-hydrogen) atoms. The number of allylic oxidation sites excluding steroid dienone is 2. The van der Waals surface area contributed by atoms with Crippen LogP contribution in [0.4, 0.5) is 0 Å². The second kappa shape index (κ2) is 6.96. The topological polar surface area (TPSA) is 26.3 Å². The first-order valence-corrected chi connectivity index (χ1v) is 7.68. The average molecular weight is 250 g/mol. The number of hydrogen-bond donors (Lipinski definition) is 0. The van der Waals surface area contributed by atoms with Crippen LogP contribution in [0.2, 0.25) is 0 Å². The highest BCUT2D eigenvalue weighted by molar-refractivity contribution is 5.95. The molecule has 2 aliphatic rings. The fraction of sp³-hybridized carbons (Fsp3) is 0.812. The van der Waals surface area contributed by atoms with Crippen molar-refractivity contribution in [2.45, 2.75) is 64.7 Å². The second-order valence-electron chi connectivity index (χ2n) is 5.78. The van der Waals surface area contributed by atoms with E-state index in [4.69, 9.17) is 4.74 Å². The van der Waals surface area contributed by atoms with Gasteiger partial charge in [-0.3, -0.25) is 4.79 Å². The molecule has 1 heterocycles. The smallest absolute Gasteiger partial charge is 0.200 e. The third-order valence-electron chi connectivity index (χ3n) is 4.36. The van der Waals surface area contributed by atoms with Crippen molar-refractivity contribution in [3.05, 3.63) is 11.8 Å². The molecular weight excluding hydrogens is 224 g/mol. The molecule has 102 valence electrons. The molecule has 2 rings (SSSR count). The minimum Gasteiger partial charge on any atom is -0.490 e. The van der Waals surface area contributed by atoms with Gasteiger partial charge in [0.25, 0.3) is 0 Å². The van der Waals surface area contributed by atoms with Crippen LogP contribution in [-0.2, 0) is 9.53 Å². The van der Waals surface area contributed by atoms with Crippen molar-refractivity contribution in [2.24, 2.45) is 11.8 Å². The van der Waals surface area contributed by atoms with Gasteiger partial charge in [-0.25, -0.2) is 0 Å². The second-order valence-corrected chi connectivity index (χ2v) is 5.78. The summed E-state index contributed by atoms with van der Waals surface area (Å²) < 4.78 is 5.50. The molecule has 0 radical (unpaired) electrons. The molecule has 0 bridgehead atoms. The lowest BCUT2D eigenvalue weighted by Gasteiger charge is -2.28. The molecule has 1 aliphatic heterocycles. The van der Waals surface area contributed by atoms with Crippen LogP contribution in [0.15, 0.2) is 11.8 Å².